The minimum absolute atomic E-state index is 0.132. The van der Waals surface area contributed by atoms with Gasteiger partial charge in [0.15, 0.2) is 0 Å². The second kappa shape index (κ2) is 6.80. The third-order valence-electron chi connectivity index (χ3n) is 2.02. The predicted octanol–water partition coefficient (Wildman–Crippen LogP) is 1.60. The molecular weight excluding hydrogens is 192 g/mol. The summed E-state index contributed by atoms with van der Waals surface area (Å²) < 4.78 is 0. The van der Waals surface area contributed by atoms with Crippen LogP contribution < -0.4 is 11.2 Å². The van der Waals surface area contributed by atoms with Crippen LogP contribution in [0.1, 0.15) is 47.0 Å². The smallest absolute Gasteiger partial charge is 0.221 e. The third-order valence-corrected chi connectivity index (χ3v) is 2.02. The highest BCUT2D eigenvalue weighted by molar-refractivity contribution is 5.76. The minimum atomic E-state index is -0.256. The van der Waals surface area contributed by atoms with Crippen LogP contribution in [0.4, 0.5) is 0 Å². The van der Waals surface area contributed by atoms with Crippen molar-refractivity contribution in [1.29, 1.82) is 0 Å². The number of carbonyl (C=O) groups excluding carboxylic acids is 1. The highest BCUT2D eigenvalue weighted by Gasteiger charge is 2.16. The van der Waals surface area contributed by atoms with Crippen molar-refractivity contribution in [2.75, 3.05) is 6.54 Å². The highest BCUT2D eigenvalue weighted by Crippen LogP contribution is 2.08. The lowest BCUT2D eigenvalue weighted by atomic mass is 10.0. The molecule has 4 heteroatoms. The maximum Gasteiger partial charge on any atom is 0.221 e. The molecule has 0 fully saturated rings. The van der Waals surface area contributed by atoms with E-state index < -0.39 is 0 Å². The maximum atomic E-state index is 11.1. The molecule has 1 atom stereocenters. The molecule has 15 heavy (non-hydrogen) atoms. The molecule has 4 nitrogen and oxygen atoms in total. The Morgan fingerprint density at radius 2 is 2.07 bits per heavy atom. The Hall–Kier alpha value is -0.610. The van der Waals surface area contributed by atoms with E-state index in [1.54, 1.807) is 0 Å². The largest absolute Gasteiger partial charge is 0.369 e. The van der Waals surface area contributed by atoms with Crippen LogP contribution in [-0.4, -0.2) is 18.1 Å². The molecule has 1 amide bonds. The molecule has 0 bridgehead atoms. The van der Waals surface area contributed by atoms with Crippen LogP contribution in [0.15, 0.2) is 0 Å². The van der Waals surface area contributed by atoms with Gasteiger partial charge in [-0.3, -0.25) is 9.63 Å². The topological polar surface area (TPSA) is 64.3 Å². The normalized spacial score (nSPS) is 13.9. The van der Waals surface area contributed by atoms with Gasteiger partial charge in [0.2, 0.25) is 5.91 Å². The quantitative estimate of drug-likeness (QED) is 0.635. The van der Waals surface area contributed by atoms with E-state index in [1.165, 1.54) is 0 Å². The van der Waals surface area contributed by atoms with Gasteiger partial charge >= 0.3 is 0 Å². The number of unbranched alkanes of at least 4 members (excludes halogenated alkanes) is 1. The number of nitrogens with two attached hydrogens (primary N) is 1. The van der Waals surface area contributed by atoms with Crippen molar-refractivity contribution in [2.45, 2.75) is 52.6 Å². The third kappa shape index (κ3) is 8.39. The highest BCUT2D eigenvalue weighted by atomic mass is 16.7. The van der Waals surface area contributed by atoms with Gasteiger partial charge in [-0.25, -0.2) is 5.48 Å². The van der Waals surface area contributed by atoms with Gasteiger partial charge in [-0.15, -0.1) is 0 Å². The van der Waals surface area contributed by atoms with Gasteiger partial charge in [0.05, 0.1) is 11.5 Å². The first kappa shape index (κ1) is 14.4. The molecule has 0 saturated heterocycles. The average Bonchev–Trinajstić information content (AvgIpc) is 2.08. The summed E-state index contributed by atoms with van der Waals surface area (Å²) in [7, 11) is 0. The summed E-state index contributed by atoms with van der Waals surface area (Å²) in [4.78, 5) is 16.4. The van der Waals surface area contributed by atoms with Gasteiger partial charge in [-0.1, -0.05) is 19.8 Å². The first-order valence-electron chi connectivity index (χ1n) is 5.57. The molecule has 0 radical (unpaired) electrons. The zero-order valence-corrected chi connectivity index (χ0v) is 10.3. The number of rotatable bonds is 7. The first-order chi connectivity index (χ1) is 6.87. The van der Waals surface area contributed by atoms with Crippen molar-refractivity contribution < 1.29 is 9.63 Å². The van der Waals surface area contributed by atoms with Crippen molar-refractivity contribution in [3.05, 3.63) is 0 Å². The van der Waals surface area contributed by atoms with Gasteiger partial charge in [0.25, 0.3) is 0 Å². The molecule has 90 valence electrons. The Labute approximate surface area is 92.5 Å². The van der Waals surface area contributed by atoms with Gasteiger partial charge < -0.3 is 5.73 Å². The van der Waals surface area contributed by atoms with Gasteiger partial charge in [-0.05, 0) is 27.2 Å². The van der Waals surface area contributed by atoms with Gasteiger partial charge in [-0.2, -0.15) is 0 Å². The van der Waals surface area contributed by atoms with E-state index in [9.17, 15) is 4.79 Å². The number of primary amides is 1. The van der Waals surface area contributed by atoms with Crippen molar-refractivity contribution in [3.8, 4) is 0 Å². The van der Waals surface area contributed by atoms with E-state index in [2.05, 4.69) is 12.4 Å². The van der Waals surface area contributed by atoms with Crippen LogP contribution in [-0.2, 0) is 9.63 Å². The number of carbonyl (C=O) groups is 1. The molecule has 0 aromatic carbocycles. The second-order valence-corrected chi connectivity index (χ2v) is 4.80. The number of hydrogen-bond acceptors (Lipinski definition) is 3. The Morgan fingerprint density at radius 3 is 2.47 bits per heavy atom. The molecule has 0 saturated carbocycles. The molecule has 0 heterocycles. The van der Waals surface area contributed by atoms with Crippen molar-refractivity contribution >= 4 is 5.91 Å². The number of amides is 1. The summed E-state index contributed by atoms with van der Waals surface area (Å²) in [5.41, 5.74) is 7.86. The van der Waals surface area contributed by atoms with Gasteiger partial charge in [0, 0.05) is 6.54 Å². The monoisotopic (exact) mass is 216 g/mol. The first-order valence-corrected chi connectivity index (χ1v) is 5.57. The summed E-state index contributed by atoms with van der Waals surface area (Å²) in [6.07, 6.45) is 2.92. The molecular formula is C11H24N2O2. The number of nitrogens with one attached hydrogen (secondary N) is 1. The molecule has 0 spiro atoms. The van der Waals surface area contributed by atoms with Crippen molar-refractivity contribution in [3.63, 3.8) is 0 Å². The van der Waals surface area contributed by atoms with E-state index in [0.29, 0.717) is 6.54 Å². The SMILES string of the molecule is CCCCC(CNOC(C)(C)C)C(N)=O. The predicted molar refractivity (Wildman–Crippen MR) is 61.1 cm³/mol. The lowest BCUT2D eigenvalue weighted by molar-refractivity contribution is -0.125. The fourth-order valence-electron chi connectivity index (χ4n) is 1.15. The van der Waals surface area contributed by atoms with E-state index in [4.69, 9.17) is 10.6 Å². The second-order valence-electron chi connectivity index (χ2n) is 4.80. The van der Waals surface area contributed by atoms with E-state index in [0.717, 1.165) is 19.3 Å². The summed E-state index contributed by atoms with van der Waals surface area (Å²) >= 11 is 0. The van der Waals surface area contributed by atoms with Crippen LogP contribution in [0.5, 0.6) is 0 Å². The molecule has 1 unspecified atom stereocenters. The standard InChI is InChI=1S/C11H24N2O2/c1-5-6-7-9(10(12)14)8-13-15-11(2,3)4/h9,13H,5-8H2,1-4H3,(H2,12,14). The summed E-state index contributed by atoms with van der Waals surface area (Å²) in [6.45, 7) is 8.44. The molecule has 0 aliphatic rings. The Bertz CT molecular complexity index is 188. The van der Waals surface area contributed by atoms with Crippen LogP contribution >= 0.6 is 0 Å². The Morgan fingerprint density at radius 1 is 1.47 bits per heavy atom. The molecule has 0 aliphatic carbocycles. The van der Waals surface area contributed by atoms with Crippen LogP contribution in [0.3, 0.4) is 0 Å². The lowest BCUT2D eigenvalue weighted by Crippen LogP contribution is -2.37. The molecule has 0 aromatic heterocycles. The summed E-state index contributed by atoms with van der Waals surface area (Å²) in [5.74, 6) is -0.388. The lowest BCUT2D eigenvalue weighted by Gasteiger charge is -2.21. The zero-order chi connectivity index (χ0) is 11.9. The van der Waals surface area contributed by atoms with Crippen LogP contribution in [0.25, 0.3) is 0 Å². The fourth-order valence-corrected chi connectivity index (χ4v) is 1.15. The van der Waals surface area contributed by atoms with Crippen molar-refractivity contribution in [2.24, 2.45) is 11.7 Å². The van der Waals surface area contributed by atoms with Crippen LogP contribution in [0, 0.1) is 5.92 Å². The summed E-state index contributed by atoms with van der Waals surface area (Å²) in [6, 6.07) is 0. The van der Waals surface area contributed by atoms with E-state index >= 15 is 0 Å². The number of hydroxylamine groups is 1. The molecule has 3 N–H and O–H groups in total. The van der Waals surface area contributed by atoms with E-state index in [-0.39, 0.29) is 17.4 Å². The number of hydrogen-bond donors (Lipinski definition) is 2. The average molecular weight is 216 g/mol. The molecule has 0 rings (SSSR count). The van der Waals surface area contributed by atoms with Crippen molar-refractivity contribution in [1.82, 2.24) is 5.48 Å². The molecule has 0 aliphatic heterocycles. The minimum Gasteiger partial charge on any atom is -0.369 e. The van der Waals surface area contributed by atoms with Gasteiger partial charge in [0.1, 0.15) is 0 Å². The maximum absolute atomic E-state index is 11.1. The summed E-state index contributed by atoms with van der Waals surface area (Å²) in [5, 5.41) is 0. The van der Waals surface area contributed by atoms with E-state index in [1.807, 2.05) is 20.8 Å². The Balaban J connectivity index is 3.81. The van der Waals surface area contributed by atoms with Crippen LogP contribution in [0.2, 0.25) is 0 Å². The fraction of sp³-hybridized carbons (Fsp3) is 0.909. The zero-order valence-electron chi connectivity index (χ0n) is 10.3. The Kier molecular flexibility index (Phi) is 6.52. The molecule has 0 aromatic rings.